The van der Waals surface area contributed by atoms with Crippen molar-refractivity contribution in [3.05, 3.63) is 101 Å². The molecule has 6 heteroatoms. The molecule has 166 valence electrons. The minimum atomic E-state index is -0.624. The minimum Gasteiger partial charge on any atom is -0.354 e. The smallest absolute Gasteiger partial charge is 0.251 e. The third kappa shape index (κ3) is 7.24. The zero-order valence-corrected chi connectivity index (χ0v) is 19.3. The van der Waals surface area contributed by atoms with Crippen molar-refractivity contribution in [2.24, 2.45) is 0 Å². The highest BCUT2D eigenvalue weighted by molar-refractivity contribution is 7.98. The molecule has 5 nitrogen and oxygen atoms in total. The highest BCUT2D eigenvalue weighted by atomic mass is 32.2. The second-order valence-corrected chi connectivity index (χ2v) is 8.72. The second kappa shape index (κ2) is 12.1. The molecule has 32 heavy (non-hydrogen) atoms. The Morgan fingerprint density at radius 2 is 1.75 bits per heavy atom. The maximum atomic E-state index is 12.9. The summed E-state index contributed by atoms with van der Waals surface area (Å²) in [6.07, 6.45) is 2.38. The number of nitrogens with zero attached hydrogens (tertiary/aromatic N) is 1. The molecule has 0 aliphatic heterocycles. The van der Waals surface area contributed by atoms with Gasteiger partial charge in [-0.25, -0.2) is 0 Å². The molecule has 0 saturated carbocycles. The van der Waals surface area contributed by atoms with Gasteiger partial charge < -0.3 is 10.6 Å². The first-order valence-corrected chi connectivity index (χ1v) is 11.9. The van der Waals surface area contributed by atoms with E-state index >= 15 is 0 Å². The van der Waals surface area contributed by atoms with E-state index in [9.17, 15) is 9.59 Å². The summed E-state index contributed by atoms with van der Waals surface area (Å²) in [6, 6.07) is 20.8. The first-order chi connectivity index (χ1) is 15.5. The van der Waals surface area contributed by atoms with Crippen LogP contribution in [0.4, 0.5) is 0 Å². The zero-order chi connectivity index (χ0) is 22.8. The Bertz CT molecular complexity index is 1030. The van der Waals surface area contributed by atoms with Crippen molar-refractivity contribution in [3.63, 3.8) is 0 Å². The minimum absolute atomic E-state index is 0.182. The summed E-state index contributed by atoms with van der Waals surface area (Å²) in [7, 11) is 0. The van der Waals surface area contributed by atoms with Crippen LogP contribution in [0, 0.1) is 13.8 Å². The molecule has 1 atom stereocenters. The molecule has 1 heterocycles. The number of benzene rings is 2. The molecule has 3 rings (SSSR count). The highest BCUT2D eigenvalue weighted by Crippen LogP contribution is 2.14. The molecular formula is C26H29N3O2S. The van der Waals surface area contributed by atoms with Gasteiger partial charge in [0.25, 0.3) is 5.91 Å². The number of hydrogen-bond donors (Lipinski definition) is 2. The largest absolute Gasteiger partial charge is 0.354 e. The number of nitrogens with one attached hydrogen (secondary N) is 2. The zero-order valence-electron chi connectivity index (χ0n) is 18.5. The SMILES string of the molecule is Cc1ccc(C(=O)N[C@H](CSCc2ccccc2)C(=O)NCCc2ccccn2)cc1C. The number of carbonyl (C=O) groups is 2. The summed E-state index contributed by atoms with van der Waals surface area (Å²) < 4.78 is 0. The van der Waals surface area contributed by atoms with Crippen molar-refractivity contribution in [1.29, 1.82) is 0 Å². The molecule has 3 aromatic rings. The fourth-order valence-electron chi connectivity index (χ4n) is 3.16. The third-order valence-electron chi connectivity index (χ3n) is 5.19. The molecule has 0 spiro atoms. The van der Waals surface area contributed by atoms with Crippen LogP contribution >= 0.6 is 11.8 Å². The van der Waals surface area contributed by atoms with Gasteiger partial charge in [-0.15, -0.1) is 0 Å². The molecule has 2 N–H and O–H groups in total. The number of carbonyl (C=O) groups excluding carboxylic acids is 2. The predicted molar refractivity (Wildman–Crippen MR) is 131 cm³/mol. The lowest BCUT2D eigenvalue weighted by Gasteiger charge is -2.19. The van der Waals surface area contributed by atoms with Gasteiger partial charge in [-0.05, 0) is 54.8 Å². The molecule has 0 aliphatic rings. The summed E-state index contributed by atoms with van der Waals surface area (Å²) in [4.78, 5) is 30.0. The van der Waals surface area contributed by atoms with Crippen LogP contribution in [0.1, 0.15) is 32.7 Å². The third-order valence-corrected chi connectivity index (χ3v) is 6.30. The Morgan fingerprint density at radius 1 is 0.969 bits per heavy atom. The number of aryl methyl sites for hydroxylation is 2. The number of thioether (sulfide) groups is 1. The van der Waals surface area contributed by atoms with Gasteiger partial charge in [0.2, 0.25) is 5.91 Å². The van der Waals surface area contributed by atoms with Crippen LogP contribution in [-0.4, -0.2) is 35.1 Å². The molecule has 2 amide bonds. The summed E-state index contributed by atoms with van der Waals surface area (Å²) in [6.45, 7) is 4.45. The van der Waals surface area contributed by atoms with E-state index in [0.717, 1.165) is 22.6 Å². The molecule has 0 radical (unpaired) electrons. The van der Waals surface area contributed by atoms with Gasteiger partial charge >= 0.3 is 0 Å². The van der Waals surface area contributed by atoms with Gasteiger partial charge in [-0.3, -0.25) is 14.6 Å². The lowest BCUT2D eigenvalue weighted by Crippen LogP contribution is -2.48. The van der Waals surface area contributed by atoms with E-state index in [1.165, 1.54) is 5.56 Å². The van der Waals surface area contributed by atoms with E-state index < -0.39 is 6.04 Å². The Kier molecular flexibility index (Phi) is 8.87. The lowest BCUT2D eigenvalue weighted by atomic mass is 10.1. The molecule has 2 aromatic carbocycles. The van der Waals surface area contributed by atoms with E-state index in [1.54, 1.807) is 24.0 Å². The fourth-order valence-corrected chi connectivity index (χ4v) is 4.18. The van der Waals surface area contributed by atoms with E-state index in [1.807, 2.05) is 62.4 Å². The fraction of sp³-hybridized carbons (Fsp3) is 0.269. The van der Waals surface area contributed by atoms with Gasteiger partial charge in [-0.1, -0.05) is 42.5 Å². The first-order valence-electron chi connectivity index (χ1n) is 10.7. The number of pyridine rings is 1. The number of amides is 2. The van der Waals surface area contributed by atoms with Crippen LogP contribution in [0.25, 0.3) is 0 Å². The van der Waals surface area contributed by atoms with Crippen LogP contribution in [0.2, 0.25) is 0 Å². The van der Waals surface area contributed by atoms with Crippen molar-refractivity contribution in [2.45, 2.75) is 32.1 Å². The van der Waals surface area contributed by atoms with Gasteiger partial charge in [0, 0.05) is 41.9 Å². The van der Waals surface area contributed by atoms with Crippen molar-refractivity contribution in [3.8, 4) is 0 Å². The van der Waals surface area contributed by atoms with Crippen molar-refractivity contribution in [1.82, 2.24) is 15.6 Å². The summed E-state index contributed by atoms with van der Waals surface area (Å²) in [5.74, 6) is 0.843. The summed E-state index contributed by atoms with van der Waals surface area (Å²) in [5.41, 5.74) is 4.85. The van der Waals surface area contributed by atoms with Crippen molar-refractivity contribution < 1.29 is 9.59 Å². The monoisotopic (exact) mass is 447 g/mol. The van der Waals surface area contributed by atoms with Crippen molar-refractivity contribution >= 4 is 23.6 Å². The molecule has 0 bridgehead atoms. The van der Waals surface area contributed by atoms with Crippen LogP contribution < -0.4 is 10.6 Å². The molecule has 0 fully saturated rings. The van der Waals surface area contributed by atoms with Gasteiger partial charge in [-0.2, -0.15) is 11.8 Å². The Balaban J connectivity index is 1.61. The quantitative estimate of drug-likeness (QED) is 0.491. The number of hydrogen-bond acceptors (Lipinski definition) is 4. The Morgan fingerprint density at radius 3 is 2.47 bits per heavy atom. The Hall–Kier alpha value is -3.12. The summed E-state index contributed by atoms with van der Waals surface area (Å²) in [5, 5.41) is 5.88. The number of aromatic nitrogens is 1. The normalized spacial score (nSPS) is 11.6. The number of rotatable bonds is 10. The van der Waals surface area contributed by atoms with E-state index in [0.29, 0.717) is 24.3 Å². The molecule has 1 aromatic heterocycles. The van der Waals surface area contributed by atoms with Crippen LogP contribution in [-0.2, 0) is 17.0 Å². The molecule has 0 unspecified atom stereocenters. The maximum Gasteiger partial charge on any atom is 0.251 e. The van der Waals surface area contributed by atoms with Crippen LogP contribution in [0.3, 0.4) is 0 Å². The van der Waals surface area contributed by atoms with E-state index in [2.05, 4.69) is 27.8 Å². The van der Waals surface area contributed by atoms with Crippen LogP contribution in [0.15, 0.2) is 72.9 Å². The van der Waals surface area contributed by atoms with Crippen LogP contribution in [0.5, 0.6) is 0 Å². The summed E-state index contributed by atoms with van der Waals surface area (Å²) >= 11 is 1.63. The average Bonchev–Trinajstić information content (AvgIpc) is 2.81. The van der Waals surface area contributed by atoms with Gasteiger partial charge in [0.1, 0.15) is 6.04 Å². The molecule has 0 aliphatic carbocycles. The van der Waals surface area contributed by atoms with Crippen molar-refractivity contribution in [2.75, 3.05) is 12.3 Å². The predicted octanol–water partition coefficient (Wildman–Crippen LogP) is 4.09. The average molecular weight is 448 g/mol. The highest BCUT2D eigenvalue weighted by Gasteiger charge is 2.21. The second-order valence-electron chi connectivity index (χ2n) is 7.69. The lowest BCUT2D eigenvalue weighted by molar-refractivity contribution is -0.122. The molecule has 0 saturated heterocycles. The van der Waals surface area contributed by atoms with E-state index in [4.69, 9.17) is 0 Å². The van der Waals surface area contributed by atoms with E-state index in [-0.39, 0.29) is 11.8 Å². The first kappa shape index (κ1) is 23.5. The van der Waals surface area contributed by atoms with Gasteiger partial charge in [0.15, 0.2) is 0 Å². The van der Waals surface area contributed by atoms with Gasteiger partial charge in [0.05, 0.1) is 0 Å². The standard InChI is InChI=1S/C26H29N3O2S/c1-19-11-12-22(16-20(19)2)25(30)29-24(18-32-17-21-8-4-3-5-9-21)26(31)28-15-13-23-10-6-7-14-27-23/h3-12,14,16,24H,13,15,17-18H2,1-2H3,(H,28,31)(H,29,30)/t24-/m1/s1. The Labute approximate surface area is 194 Å². The topological polar surface area (TPSA) is 71.1 Å². The maximum absolute atomic E-state index is 12.9. The molecular weight excluding hydrogens is 418 g/mol.